The van der Waals surface area contributed by atoms with E-state index in [9.17, 15) is 4.79 Å². The fourth-order valence-corrected chi connectivity index (χ4v) is 2.39. The van der Waals surface area contributed by atoms with E-state index in [1.807, 2.05) is 31.2 Å². The average molecular weight is 350 g/mol. The third-order valence-electron chi connectivity index (χ3n) is 3.10. The first-order chi connectivity index (χ1) is 10.0. The van der Waals surface area contributed by atoms with E-state index in [4.69, 9.17) is 9.47 Å². The van der Waals surface area contributed by atoms with Crippen LogP contribution in [0.1, 0.15) is 15.9 Å². The zero-order valence-electron chi connectivity index (χ0n) is 12.1. The SMILES string of the molecule is COc1cc(C(=O)Nc2cccc(Br)c2)cc(OC)c1C. The van der Waals surface area contributed by atoms with Gasteiger partial charge < -0.3 is 14.8 Å². The first kappa shape index (κ1) is 15.4. The molecule has 0 atom stereocenters. The lowest BCUT2D eigenvalue weighted by atomic mass is 10.1. The molecule has 0 aromatic heterocycles. The number of amides is 1. The first-order valence-electron chi connectivity index (χ1n) is 6.34. The van der Waals surface area contributed by atoms with E-state index < -0.39 is 0 Å². The first-order valence-corrected chi connectivity index (χ1v) is 7.14. The molecule has 0 radical (unpaired) electrons. The highest BCUT2D eigenvalue weighted by Gasteiger charge is 2.13. The Morgan fingerprint density at radius 2 is 1.71 bits per heavy atom. The molecule has 0 aliphatic rings. The Labute approximate surface area is 132 Å². The summed E-state index contributed by atoms with van der Waals surface area (Å²) in [6.07, 6.45) is 0. The number of carbonyl (C=O) groups is 1. The lowest BCUT2D eigenvalue weighted by molar-refractivity contribution is 0.102. The van der Waals surface area contributed by atoms with Gasteiger partial charge >= 0.3 is 0 Å². The zero-order valence-corrected chi connectivity index (χ0v) is 13.7. The van der Waals surface area contributed by atoms with Gasteiger partial charge in [-0.2, -0.15) is 0 Å². The predicted molar refractivity (Wildman–Crippen MR) is 86.4 cm³/mol. The van der Waals surface area contributed by atoms with Crippen LogP contribution in [-0.2, 0) is 0 Å². The maximum Gasteiger partial charge on any atom is 0.255 e. The summed E-state index contributed by atoms with van der Waals surface area (Å²) in [5.41, 5.74) is 2.06. The third kappa shape index (κ3) is 3.55. The van der Waals surface area contributed by atoms with Crippen LogP contribution < -0.4 is 14.8 Å². The highest BCUT2D eigenvalue weighted by atomic mass is 79.9. The van der Waals surface area contributed by atoms with Crippen molar-refractivity contribution in [1.29, 1.82) is 0 Å². The lowest BCUT2D eigenvalue weighted by Crippen LogP contribution is -2.12. The molecule has 0 aliphatic heterocycles. The van der Waals surface area contributed by atoms with E-state index in [1.165, 1.54) is 0 Å². The van der Waals surface area contributed by atoms with Crippen molar-refractivity contribution in [3.8, 4) is 11.5 Å². The van der Waals surface area contributed by atoms with E-state index >= 15 is 0 Å². The Hall–Kier alpha value is -2.01. The Kier molecular flexibility index (Phi) is 4.85. The third-order valence-corrected chi connectivity index (χ3v) is 3.59. The Morgan fingerprint density at radius 1 is 1.10 bits per heavy atom. The second-order valence-electron chi connectivity index (χ2n) is 4.47. The average Bonchev–Trinajstić information content (AvgIpc) is 2.47. The fourth-order valence-electron chi connectivity index (χ4n) is 1.99. The topological polar surface area (TPSA) is 47.6 Å². The molecular weight excluding hydrogens is 334 g/mol. The molecular formula is C16H16BrNO3. The minimum atomic E-state index is -0.218. The van der Waals surface area contributed by atoms with Gasteiger partial charge in [0.1, 0.15) is 11.5 Å². The van der Waals surface area contributed by atoms with Crippen LogP contribution in [0.15, 0.2) is 40.9 Å². The highest BCUT2D eigenvalue weighted by Crippen LogP contribution is 2.29. The second-order valence-corrected chi connectivity index (χ2v) is 5.39. The van der Waals surface area contributed by atoms with Crippen LogP contribution in [-0.4, -0.2) is 20.1 Å². The van der Waals surface area contributed by atoms with Crippen LogP contribution in [0.5, 0.6) is 11.5 Å². The van der Waals surface area contributed by atoms with E-state index in [2.05, 4.69) is 21.2 Å². The summed E-state index contributed by atoms with van der Waals surface area (Å²) in [4.78, 5) is 12.3. The molecule has 2 aromatic rings. The molecule has 2 rings (SSSR count). The van der Waals surface area contributed by atoms with Crippen molar-refractivity contribution >= 4 is 27.5 Å². The van der Waals surface area contributed by atoms with E-state index in [0.29, 0.717) is 22.7 Å². The largest absolute Gasteiger partial charge is 0.496 e. The molecule has 1 N–H and O–H groups in total. The van der Waals surface area contributed by atoms with Crippen LogP contribution in [0.3, 0.4) is 0 Å². The maximum absolute atomic E-state index is 12.3. The summed E-state index contributed by atoms with van der Waals surface area (Å²) in [7, 11) is 3.13. The van der Waals surface area contributed by atoms with Crippen LogP contribution in [0.2, 0.25) is 0 Å². The summed E-state index contributed by atoms with van der Waals surface area (Å²) >= 11 is 3.37. The van der Waals surface area contributed by atoms with Gasteiger partial charge in [-0.15, -0.1) is 0 Å². The maximum atomic E-state index is 12.3. The minimum Gasteiger partial charge on any atom is -0.496 e. The Bertz CT molecular complexity index is 645. The molecule has 0 heterocycles. The van der Waals surface area contributed by atoms with Crippen molar-refractivity contribution in [3.63, 3.8) is 0 Å². The monoisotopic (exact) mass is 349 g/mol. The Balaban J connectivity index is 2.31. The summed E-state index contributed by atoms with van der Waals surface area (Å²) in [6.45, 7) is 1.88. The van der Waals surface area contributed by atoms with Crippen molar-refractivity contribution in [2.75, 3.05) is 19.5 Å². The lowest BCUT2D eigenvalue weighted by Gasteiger charge is -2.12. The summed E-state index contributed by atoms with van der Waals surface area (Å²) in [5.74, 6) is 1.02. The van der Waals surface area contributed by atoms with Crippen LogP contribution in [0.4, 0.5) is 5.69 Å². The van der Waals surface area contributed by atoms with Gasteiger partial charge in [-0.25, -0.2) is 0 Å². The molecule has 110 valence electrons. The van der Waals surface area contributed by atoms with Gasteiger partial charge in [0.05, 0.1) is 14.2 Å². The smallest absolute Gasteiger partial charge is 0.255 e. The molecule has 4 nitrogen and oxygen atoms in total. The quantitative estimate of drug-likeness (QED) is 0.906. The number of rotatable bonds is 4. The van der Waals surface area contributed by atoms with Gasteiger partial charge in [0, 0.05) is 21.3 Å². The number of halogens is 1. The molecule has 0 unspecified atom stereocenters. The van der Waals surface area contributed by atoms with Gasteiger partial charge in [0.15, 0.2) is 0 Å². The number of hydrogen-bond acceptors (Lipinski definition) is 3. The Morgan fingerprint density at radius 3 is 2.24 bits per heavy atom. The number of methoxy groups -OCH3 is 2. The standard InChI is InChI=1S/C16H16BrNO3/c1-10-14(20-2)7-11(8-15(10)21-3)16(19)18-13-6-4-5-12(17)9-13/h4-9H,1-3H3,(H,18,19). The molecule has 0 saturated heterocycles. The molecule has 0 fully saturated rings. The summed E-state index contributed by atoms with van der Waals surface area (Å²) in [5, 5.41) is 2.84. The molecule has 0 bridgehead atoms. The normalized spacial score (nSPS) is 10.1. The highest BCUT2D eigenvalue weighted by molar-refractivity contribution is 9.10. The molecule has 0 spiro atoms. The number of benzene rings is 2. The van der Waals surface area contributed by atoms with Crippen LogP contribution in [0.25, 0.3) is 0 Å². The molecule has 0 aliphatic carbocycles. The van der Waals surface area contributed by atoms with Crippen molar-refractivity contribution in [2.45, 2.75) is 6.92 Å². The van der Waals surface area contributed by atoms with E-state index in [0.717, 1.165) is 10.0 Å². The van der Waals surface area contributed by atoms with Crippen molar-refractivity contribution in [2.24, 2.45) is 0 Å². The van der Waals surface area contributed by atoms with Gasteiger partial charge in [-0.1, -0.05) is 22.0 Å². The second kappa shape index (κ2) is 6.63. The van der Waals surface area contributed by atoms with Gasteiger partial charge in [-0.05, 0) is 37.3 Å². The van der Waals surface area contributed by atoms with E-state index in [1.54, 1.807) is 26.4 Å². The summed E-state index contributed by atoms with van der Waals surface area (Å²) < 4.78 is 11.5. The molecule has 2 aromatic carbocycles. The van der Waals surface area contributed by atoms with Crippen molar-refractivity contribution in [1.82, 2.24) is 0 Å². The molecule has 21 heavy (non-hydrogen) atoms. The zero-order chi connectivity index (χ0) is 15.4. The molecule has 1 amide bonds. The van der Waals surface area contributed by atoms with Crippen molar-refractivity contribution < 1.29 is 14.3 Å². The predicted octanol–water partition coefficient (Wildman–Crippen LogP) is 4.03. The van der Waals surface area contributed by atoms with Crippen molar-refractivity contribution in [3.05, 3.63) is 52.0 Å². The van der Waals surface area contributed by atoms with Gasteiger partial charge in [-0.3, -0.25) is 4.79 Å². The summed E-state index contributed by atoms with van der Waals surface area (Å²) in [6, 6.07) is 10.8. The number of carbonyl (C=O) groups excluding carboxylic acids is 1. The molecule has 0 saturated carbocycles. The number of anilines is 1. The van der Waals surface area contributed by atoms with Crippen LogP contribution >= 0.6 is 15.9 Å². The minimum absolute atomic E-state index is 0.218. The van der Waals surface area contributed by atoms with Gasteiger partial charge in [0.2, 0.25) is 0 Å². The molecule has 5 heteroatoms. The van der Waals surface area contributed by atoms with E-state index in [-0.39, 0.29) is 5.91 Å². The van der Waals surface area contributed by atoms with Gasteiger partial charge in [0.25, 0.3) is 5.91 Å². The number of nitrogens with one attached hydrogen (secondary N) is 1. The number of hydrogen-bond donors (Lipinski definition) is 1. The number of ether oxygens (including phenoxy) is 2. The van der Waals surface area contributed by atoms with Crippen LogP contribution in [0, 0.1) is 6.92 Å². The fraction of sp³-hybridized carbons (Fsp3) is 0.188.